The third kappa shape index (κ3) is 3.50. The third-order valence-corrected chi connectivity index (χ3v) is 2.81. The van der Waals surface area contributed by atoms with Crippen LogP contribution in [0.5, 0.6) is 0 Å². The Morgan fingerprint density at radius 3 is 2.67 bits per heavy atom. The third-order valence-electron chi connectivity index (χ3n) is 1.98. The van der Waals surface area contributed by atoms with Crippen molar-refractivity contribution in [1.82, 2.24) is 4.90 Å². The lowest BCUT2D eigenvalue weighted by atomic mass is 10.2. The van der Waals surface area contributed by atoms with Crippen molar-refractivity contribution in [2.75, 3.05) is 13.6 Å². The van der Waals surface area contributed by atoms with Gasteiger partial charge in [0.1, 0.15) is 0 Å². The second kappa shape index (κ2) is 5.52. The van der Waals surface area contributed by atoms with E-state index in [0.717, 1.165) is 4.47 Å². The average molecular weight is 291 g/mol. The van der Waals surface area contributed by atoms with Crippen LogP contribution < -0.4 is 0 Å². The molecule has 0 radical (unpaired) electrons. The van der Waals surface area contributed by atoms with Gasteiger partial charge in [-0.15, -0.1) is 11.6 Å². The number of amides is 1. The smallest absolute Gasteiger partial charge is 0.254 e. The predicted octanol–water partition coefficient (Wildman–Crippen LogP) is 3.15. The van der Waals surface area contributed by atoms with E-state index < -0.39 is 0 Å². The van der Waals surface area contributed by atoms with E-state index in [1.54, 1.807) is 18.0 Å². The molecule has 0 saturated carbocycles. The number of hydrogen-bond acceptors (Lipinski definition) is 1. The molecule has 0 aromatic heterocycles. The highest BCUT2D eigenvalue weighted by molar-refractivity contribution is 9.10. The Balaban J connectivity index is 2.81. The van der Waals surface area contributed by atoms with Crippen molar-refractivity contribution in [2.24, 2.45) is 0 Å². The van der Waals surface area contributed by atoms with Crippen LogP contribution in [0.3, 0.4) is 0 Å². The number of hydrogen-bond donors (Lipinski definition) is 0. The molecular formula is C11H13BrClNO. The Bertz CT molecular complexity index is 354. The summed E-state index contributed by atoms with van der Waals surface area (Å²) >= 11 is 9.19. The van der Waals surface area contributed by atoms with Crippen LogP contribution in [0.2, 0.25) is 0 Å². The number of carbonyl (C=O) groups is 1. The highest BCUT2D eigenvalue weighted by Crippen LogP contribution is 2.17. The minimum Gasteiger partial charge on any atom is -0.340 e. The predicted molar refractivity (Wildman–Crippen MR) is 66.4 cm³/mol. The van der Waals surface area contributed by atoms with Crippen LogP contribution in [-0.2, 0) is 0 Å². The van der Waals surface area contributed by atoms with E-state index in [2.05, 4.69) is 15.9 Å². The van der Waals surface area contributed by atoms with E-state index in [1.165, 1.54) is 0 Å². The molecule has 0 heterocycles. The summed E-state index contributed by atoms with van der Waals surface area (Å²) in [6, 6.07) is 7.37. The molecule has 0 bridgehead atoms. The molecule has 15 heavy (non-hydrogen) atoms. The van der Waals surface area contributed by atoms with Gasteiger partial charge in [-0.3, -0.25) is 4.79 Å². The maximum absolute atomic E-state index is 11.9. The van der Waals surface area contributed by atoms with Crippen LogP contribution in [0.15, 0.2) is 28.7 Å². The van der Waals surface area contributed by atoms with Crippen molar-refractivity contribution in [3.8, 4) is 0 Å². The number of alkyl halides is 1. The highest BCUT2D eigenvalue weighted by atomic mass is 79.9. The second-order valence-corrected chi connectivity index (χ2v) is 5.05. The first-order valence-electron chi connectivity index (χ1n) is 4.66. The molecule has 1 amide bonds. The Hall–Kier alpha value is -0.540. The van der Waals surface area contributed by atoms with Crippen molar-refractivity contribution in [3.63, 3.8) is 0 Å². The van der Waals surface area contributed by atoms with Gasteiger partial charge in [0.2, 0.25) is 0 Å². The maximum atomic E-state index is 11.9. The molecule has 0 aliphatic rings. The highest BCUT2D eigenvalue weighted by Gasteiger charge is 2.15. The Labute approximate surface area is 103 Å². The molecule has 1 aromatic rings. The fourth-order valence-corrected chi connectivity index (χ4v) is 1.96. The Morgan fingerprint density at radius 1 is 1.53 bits per heavy atom. The SMILES string of the molecule is CC(Cl)CN(C)C(=O)c1ccccc1Br. The van der Waals surface area contributed by atoms with Gasteiger partial charge >= 0.3 is 0 Å². The van der Waals surface area contributed by atoms with Gasteiger partial charge in [-0.1, -0.05) is 12.1 Å². The number of halogens is 2. The first-order chi connectivity index (χ1) is 7.02. The van der Waals surface area contributed by atoms with Gasteiger partial charge in [0.05, 0.1) is 5.56 Å². The number of benzene rings is 1. The lowest BCUT2D eigenvalue weighted by molar-refractivity contribution is 0.0795. The van der Waals surface area contributed by atoms with Crippen LogP contribution in [0.25, 0.3) is 0 Å². The number of carbonyl (C=O) groups excluding carboxylic acids is 1. The molecule has 1 atom stereocenters. The van der Waals surface area contributed by atoms with Gasteiger partial charge in [0, 0.05) is 23.4 Å². The molecule has 0 fully saturated rings. The number of rotatable bonds is 3. The summed E-state index contributed by atoms with van der Waals surface area (Å²) < 4.78 is 0.809. The van der Waals surface area contributed by atoms with Gasteiger partial charge in [0.15, 0.2) is 0 Å². The Kier molecular flexibility index (Phi) is 4.61. The lowest BCUT2D eigenvalue weighted by Gasteiger charge is -2.19. The average Bonchev–Trinajstić information content (AvgIpc) is 2.16. The van der Waals surface area contributed by atoms with Crippen LogP contribution in [0.4, 0.5) is 0 Å². The fraction of sp³-hybridized carbons (Fsp3) is 0.364. The minimum absolute atomic E-state index is 0.0185. The Morgan fingerprint density at radius 2 is 2.13 bits per heavy atom. The zero-order valence-corrected chi connectivity index (χ0v) is 11.0. The van der Waals surface area contributed by atoms with Gasteiger partial charge in [-0.25, -0.2) is 0 Å². The summed E-state index contributed by atoms with van der Waals surface area (Å²) in [5.41, 5.74) is 0.664. The largest absolute Gasteiger partial charge is 0.340 e. The van der Waals surface area contributed by atoms with E-state index in [9.17, 15) is 4.79 Å². The molecule has 1 unspecified atom stereocenters. The standard InChI is InChI=1S/C11H13BrClNO/c1-8(13)7-14(2)11(15)9-5-3-4-6-10(9)12/h3-6,8H,7H2,1-2H3. The molecule has 1 rings (SSSR count). The zero-order valence-electron chi connectivity index (χ0n) is 8.71. The summed E-state index contributed by atoms with van der Waals surface area (Å²) in [6.45, 7) is 2.41. The molecule has 0 aliphatic carbocycles. The minimum atomic E-state index is -0.0403. The second-order valence-electron chi connectivity index (χ2n) is 3.45. The molecule has 0 saturated heterocycles. The van der Waals surface area contributed by atoms with Crippen LogP contribution in [0, 0.1) is 0 Å². The van der Waals surface area contributed by atoms with Crippen molar-refractivity contribution in [1.29, 1.82) is 0 Å². The topological polar surface area (TPSA) is 20.3 Å². The maximum Gasteiger partial charge on any atom is 0.254 e. The quantitative estimate of drug-likeness (QED) is 0.783. The molecular weight excluding hydrogens is 277 g/mol. The monoisotopic (exact) mass is 289 g/mol. The van der Waals surface area contributed by atoms with E-state index in [0.29, 0.717) is 12.1 Å². The fourth-order valence-electron chi connectivity index (χ4n) is 1.30. The zero-order chi connectivity index (χ0) is 11.4. The van der Waals surface area contributed by atoms with Gasteiger partial charge in [0.25, 0.3) is 5.91 Å². The molecule has 82 valence electrons. The molecule has 0 spiro atoms. The molecule has 2 nitrogen and oxygen atoms in total. The molecule has 0 N–H and O–H groups in total. The first-order valence-corrected chi connectivity index (χ1v) is 5.89. The van der Waals surface area contributed by atoms with Crippen LogP contribution in [-0.4, -0.2) is 29.8 Å². The van der Waals surface area contributed by atoms with Crippen molar-refractivity contribution >= 4 is 33.4 Å². The van der Waals surface area contributed by atoms with E-state index in [1.807, 2.05) is 25.1 Å². The van der Waals surface area contributed by atoms with Gasteiger partial charge in [-0.2, -0.15) is 0 Å². The van der Waals surface area contributed by atoms with Crippen molar-refractivity contribution in [3.05, 3.63) is 34.3 Å². The normalized spacial score (nSPS) is 12.3. The summed E-state index contributed by atoms with van der Waals surface area (Å²) in [7, 11) is 1.75. The lowest BCUT2D eigenvalue weighted by Crippen LogP contribution is -2.31. The van der Waals surface area contributed by atoms with E-state index in [-0.39, 0.29) is 11.3 Å². The van der Waals surface area contributed by atoms with E-state index in [4.69, 9.17) is 11.6 Å². The molecule has 1 aromatic carbocycles. The summed E-state index contributed by atoms with van der Waals surface area (Å²) in [4.78, 5) is 13.6. The van der Waals surface area contributed by atoms with E-state index >= 15 is 0 Å². The van der Waals surface area contributed by atoms with Crippen molar-refractivity contribution < 1.29 is 4.79 Å². The van der Waals surface area contributed by atoms with Crippen LogP contribution >= 0.6 is 27.5 Å². The van der Waals surface area contributed by atoms with Gasteiger partial charge in [-0.05, 0) is 35.0 Å². The molecule has 4 heteroatoms. The van der Waals surface area contributed by atoms with Crippen molar-refractivity contribution in [2.45, 2.75) is 12.3 Å². The molecule has 0 aliphatic heterocycles. The summed E-state index contributed by atoms with van der Waals surface area (Å²) in [5.74, 6) is -0.0185. The van der Waals surface area contributed by atoms with Crippen LogP contribution in [0.1, 0.15) is 17.3 Å². The summed E-state index contributed by atoms with van der Waals surface area (Å²) in [5, 5.41) is -0.0403. The number of nitrogens with zero attached hydrogens (tertiary/aromatic N) is 1. The van der Waals surface area contributed by atoms with Gasteiger partial charge < -0.3 is 4.90 Å². The first kappa shape index (κ1) is 12.5. The summed E-state index contributed by atoms with van der Waals surface area (Å²) in [6.07, 6.45) is 0.